The average molecular weight is 531 g/mol. The Bertz CT molecular complexity index is 1030. The van der Waals surface area contributed by atoms with Crippen LogP contribution in [0, 0.1) is 0 Å². The molecule has 0 saturated heterocycles. The van der Waals surface area contributed by atoms with Gasteiger partial charge in [-0.1, -0.05) is 12.2 Å². The summed E-state index contributed by atoms with van der Waals surface area (Å²) in [5.74, 6) is 6.35. The van der Waals surface area contributed by atoms with Gasteiger partial charge in [0.25, 0.3) is 0 Å². The fourth-order valence-electron chi connectivity index (χ4n) is 3.04. The Labute approximate surface area is 223 Å². The number of carbonyl (C=O) groups excluding carboxylic acids is 1. The van der Waals surface area contributed by atoms with Crippen molar-refractivity contribution in [3.63, 3.8) is 0 Å². The second-order valence-corrected chi connectivity index (χ2v) is 7.65. The van der Waals surface area contributed by atoms with E-state index in [-0.39, 0.29) is 18.1 Å². The molecule has 0 radical (unpaired) electrons. The summed E-state index contributed by atoms with van der Waals surface area (Å²) in [7, 11) is 0. The van der Waals surface area contributed by atoms with Crippen LogP contribution in [-0.4, -0.2) is 54.6 Å². The van der Waals surface area contributed by atoms with Gasteiger partial charge in [0.2, 0.25) is 0 Å². The fraction of sp³-hybridized carbons (Fsp3) is 0.321. The molecule has 0 amide bonds. The second kappa shape index (κ2) is 18.6. The van der Waals surface area contributed by atoms with Crippen LogP contribution in [0.5, 0.6) is 23.0 Å². The van der Waals surface area contributed by atoms with Crippen molar-refractivity contribution in [1.29, 1.82) is 0 Å². The van der Waals surface area contributed by atoms with E-state index in [4.69, 9.17) is 25.1 Å². The Kier molecular flexibility index (Phi) is 15.8. The lowest BCUT2D eigenvalue weighted by atomic mass is 9.96. The first kappa shape index (κ1) is 32.4. The topological polar surface area (TPSA) is 167 Å². The number of aldehydes is 1. The summed E-state index contributed by atoms with van der Waals surface area (Å²) in [6.45, 7) is 8.01. The molecule has 0 spiro atoms. The zero-order valence-corrected chi connectivity index (χ0v) is 22.0. The maximum atomic E-state index is 10.6. The summed E-state index contributed by atoms with van der Waals surface area (Å²) in [6.07, 6.45) is 6.83. The molecule has 1 heterocycles. The van der Waals surface area contributed by atoms with Crippen LogP contribution in [0.2, 0.25) is 0 Å². The molecule has 1 aliphatic rings. The molecule has 0 bridgehead atoms. The van der Waals surface area contributed by atoms with Gasteiger partial charge >= 0.3 is 0 Å². The van der Waals surface area contributed by atoms with Crippen molar-refractivity contribution in [2.45, 2.75) is 26.9 Å². The van der Waals surface area contributed by atoms with Gasteiger partial charge in [-0.15, -0.1) is 0 Å². The smallest absolute Gasteiger partial charge is 0.156 e. The van der Waals surface area contributed by atoms with E-state index in [1.165, 1.54) is 18.2 Å². The highest BCUT2D eigenvalue weighted by molar-refractivity contribution is 5.65. The molecular weight excluding hydrogens is 492 g/mol. The predicted octanol–water partition coefficient (Wildman–Crippen LogP) is 3.77. The van der Waals surface area contributed by atoms with Crippen molar-refractivity contribution in [2.24, 2.45) is 11.6 Å². The molecule has 2 aromatic rings. The lowest BCUT2D eigenvalue weighted by Crippen LogP contribution is -2.13. The Morgan fingerprint density at radius 1 is 1.05 bits per heavy atom. The first-order valence-corrected chi connectivity index (χ1v) is 12.0. The highest BCUT2D eigenvalue weighted by Crippen LogP contribution is 2.47. The number of carbonyl (C=O) groups is 1. The van der Waals surface area contributed by atoms with Crippen molar-refractivity contribution >= 4 is 6.29 Å². The number of aliphatic hydroxyl groups is 1. The van der Waals surface area contributed by atoms with Gasteiger partial charge in [-0.2, -0.15) is 0 Å². The summed E-state index contributed by atoms with van der Waals surface area (Å²) in [6, 6.07) is 9.65. The van der Waals surface area contributed by atoms with Crippen molar-refractivity contribution in [3.8, 4) is 23.0 Å². The molecular formula is C28H38N2O8. The Morgan fingerprint density at radius 2 is 1.63 bits per heavy atom. The number of fused-ring (bicyclic) bond motifs is 2. The lowest BCUT2D eigenvalue weighted by Gasteiger charge is -2.30. The molecule has 0 aromatic heterocycles. The van der Waals surface area contributed by atoms with Crippen molar-refractivity contribution in [3.05, 3.63) is 83.2 Å². The molecule has 3 rings (SSSR count). The number of allylic oxidation sites excluding steroid dienone is 5. The summed E-state index contributed by atoms with van der Waals surface area (Å²) in [5.41, 5.74) is 7.18. The highest BCUT2D eigenvalue weighted by atomic mass is 16.6. The number of phenolic OH excluding ortho intramolecular Hbond substituents is 2. The van der Waals surface area contributed by atoms with Crippen LogP contribution in [0.4, 0.5) is 0 Å². The van der Waals surface area contributed by atoms with Crippen molar-refractivity contribution in [1.82, 2.24) is 0 Å². The van der Waals surface area contributed by atoms with Gasteiger partial charge in [-0.25, -0.2) is 5.90 Å². The van der Waals surface area contributed by atoms with Crippen LogP contribution in [0.15, 0.2) is 72.0 Å². The number of hydrogen-bond acceptors (Lipinski definition) is 10. The quantitative estimate of drug-likeness (QED) is 0.0762. The van der Waals surface area contributed by atoms with Gasteiger partial charge in [0.15, 0.2) is 6.10 Å². The number of rotatable bonds is 10. The number of hydrogen-bond donors (Lipinski definition) is 5. The van der Waals surface area contributed by atoms with E-state index in [9.17, 15) is 15.0 Å². The van der Waals surface area contributed by atoms with Gasteiger partial charge < -0.3 is 40.1 Å². The SMILES string of the molecule is CCOCCON.C\C=C(C)/C(=C\C=C\C=O)OC1c2ccc(O)cc2Oc2cc(O)ccc21.NCCO. The third-order valence-electron chi connectivity index (χ3n) is 4.96. The van der Waals surface area contributed by atoms with Crippen LogP contribution in [-0.2, 0) is 19.1 Å². The third kappa shape index (κ3) is 10.8. The van der Waals surface area contributed by atoms with Crippen LogP contribution in [0.3, 0.4) is 0 Å². The van der Waals surface area contributed by atoms with E-state index < -0.39 is 6.10 Å². The number of aliphatic hydroxyl groups excluding tert-OH is 1. The van der Waals surface area contributed by atoms with Crippen LogP contribution < -0.4 is 16.4 Å². The highest BCUT2D eigenvalue weighted by Gasteiger charge is 2.30. The largest absolute Gasteiger partial charge is 0.508 e. The van der Waals surface area contributed by atoms with E-state index in [1.54, 1.807) is 36.4 Å². The predicted molar refractivity (Wildman–Crippen MR) is 145 cm³/mol. The average Bonchev–Trinajstić information content (AvgIpc) is 2.92. The molecule has 0 atom stereocenters. The van der Waals surface area contributed by atoms with Crippen LogP contribution >= 0.6 is 0 Å². The zero-order valence-electron chi connectivity index (χ0n) is 22.0. The molecule has 0 fully saturated rings. The number of ether oxygens (including phenoxy) is 3. The minimum Gasteiger partial charge on any atom is -0.508 e. The molecule has 2 aromatic carbocycles. The van der Waals surface area contributed by atoms with E-state index in [2.05, 4.69) is 10.7 Å². The fourth-order valence-corrected chi connectivity index (χ4v) is 3.04. The van der Waals surface area contributed by atoms with Crippen molar-refractivity contribution in [2.75, 3.05) is 33.0 Å². The minimum absolute atomic E-state index is 0.0745. The van der Waals surface area contributed by atoms with E-state index in [0.29, 0.717) is 43.3 Å². The standard InChI is InChI=1S/C22H20O5.C4H11NO2.C2H7NO/c1-3-14(2)19(6-4-5-11-23)27-22-17-9-7-15(24)12-20(17)26-21-13-16(25)8-10-18(21)22;1-2-6-3-4-7-5;3-1-2-4/h3-13,22,24-25H,1-2H3;2-5H2,1H3;4H,1-3H2/b5-4+,14-3-,19-6+;;. The van der Waals surface area contributed by atoms with Gasteiger partial charge in [0, 0.05) is 36.4 Å². The van der Waals surface area contributed by atoms with E-state index in [0.717, 1.165) is 23.3 Å². The summed E-state index contributed by atoms with van der Waals surface area (Å²) in [4.78, 5) is 14.8. The summed E-state index contributed by atoms with van der Waals surface area (Å²) < 4.78 is 17.0. The summed E-state index contributed by atoms with van der Waals surface area (Å²) >= 11 is 0. The lowest BCUT2D eigenvalue weighted by molar-refractivity contribution is -0.104. The monoisotopic (exact) mass is 530 g/mol. The van der Waals surface area contributed by atoms with Gasteiger partial charge in [-0.05, 0) is 62.8 Å². The molecule has 10 nitrogen and oxygen atoms in total. The Balaban J connectivity index is 0.000000554. The molecule has 1 aliphatic heterocycles. The molecule has 0 aliphatic carbocycles. The number of phenols is 2. The van der Waals surface area contributed by atoms with Gasteiger partial charge in [-0.3, -0.25) is 4.79 Å². The number of benzene rings is 2. The molecule has 10 heteroatoms. The Morgan fingerprint density at radius 3 is 2.08 bits per heavy atom. The number of aromatic hydroxyl groups is 2. The Hall–Kier alpha value is -3.67. The zero-order chi connectivity index (χ0) is 28.3. The van der Waals surface area contributed by atoms with Crippen LogP contribution in [0.1, 0.15) is 38.0 Å². The van der Waals surface area contributed by atoms with E-state index >= 15 is 0 Å². The first-order valence-electron chi connectivity index (χ1n) is 12.0. The molecule has 7 N–H and O–H groups in total. The maximum Gasteiger partial charge on any atom is 0.156 e. The first-order chi connectivity index (χ1) is 18.4. The maximum absolute atomic E-state index is 10.6. The molecule has 208 valence electrons. The van der Waals surface area contributed by atoms with E-state index in [1.807, 2.05) is 26.8 Å². The van der Waals surface area contributed by atoms with Gasteiger partial charge in [0.1, 0.15) is 35.0 Å². The second-order valence-electron chi connectivity index (χ2n) is 7.65. The third-order valence-corrected chi connectivity index (χ3v) is 4.96. The summed E-state index contributed by atoms with van der Waals surface area (Å²) in [5, 5.41) is 27.3. The van der Waals surface area contributed by atoms with Crippen molar-refractivity contribution < 1.29 is 39.2 Å². The van der Waals surface area contributed by atoms with Crippen LogP contribution in [0.25, 0.3) is 0 Å². The van der Waals surface area contributed by atoms with Gasteiger partial charge in [0.05, 0.1) is 19.8 Å². The normalized spacial score (nSPS) is 12.8. The molecule has 0 unspecified atom stereocenters. The minimum atomic E-state index is -0.504. The molecule has 0 saturated carbocycles. The number of nitrogens with two attached hydrogens (primary N) is 2. The molecule has 38 heavy (non-hydrogen) atoms.